The molecule has 0 saturated heterocycles. The van der Waals surface area contributed by atoms with Crippen molar-refractivity contribution in [1.29, 1.82) is 0 Å². The molecule has 0 aliphatic rings. The Morgan fingerprint density at radius 1 is 1.33 bits per heavy atom. The maximum atomic E-state index is 13.5. The fourth-order valence-electron chi connectivity index (χ4n) is 1.63. The Morgan fingerprint density at radius 2 is 2.14 bits per heavy atom. The van der Waals surface area contributed by atoms with Crippen LogP contribution in [0.1, 0.15) is 15.9 Å². The summed E-state index contributed by atoms with van der Waals surface area (Å²) in [6.45, 7) is 0.133. The number of aromatic nitrogens is 1. The number of benzene rings is 1. The van der Waals surface area contributed by atoms with Gasteiger partial charge in [-0.1, -0.05) is 17.9 Å². The van der Waals surface area contributed by atoms with Crippen molar-refractivity contribution in [3.05, 3.63) is 59.4 Å². The largest absolute Gasteiger partial charge is 0.320 e. The predicted molar refractivity (Wildman–Crippen MR) is 74.5 cm³/mol. The highest BCUT2D eigenvalue weighted by atomic mass is 19.2. The van der Waals surface area contributed by atoms with Crippen LogP contribution in [0.25, 0.3) is 0 Å². The van der Waals surface area contributed by atoms with Crippen LogP contribution in [0.15, 0.2) is 36.7 Å². The Morgan fingerprint density at radius 3 is 2.90 bits per heavy atom. The lowest BCUT2D eigenvalue weighted by atomic mass is 10.1. The van der Waals surface area contributed by atoms with Crippen molar-refractivity contribution in [3.63, 3.8) is 0 Å². The van der Waals surface area contributed by atoms with E-state index in [1.54, 1.807) is 0 Å². The maximum absolute atomic E-state index is 13.5. The lowest BCUT2D eigenvalue weighted by molar-refractivity contribution is 0.102. The molecule has 2 aromatic rings. The second-order valence-electron chi connectivity index (χ2n) is 3.98. The summed E-state index contributed by atoms with van der Waals surface area (Å²) in [7, 11) is 0. The molecule has 1 aromatic heterocycles. The van der Waals surface area contributed by atoms with Gasteiger partial charge in [-0.2, -0.15) is 0 Å². The normalized spacial score (nSPS) is 9.67. The van der Waals surface area contributed by atoms with Crippen LogP contribution in [0.2, 0.25) is 0 Å². The lowest BCUT2D eigenvalue weighted by Crippen LogP contribution is -2.15. The highest BCUT2D eigenvalue weighted by molar-refractivity contribution is 6.05. The summed E-state index contributed by atoms with van der Waals surface area (Å²) >= 11 is 0. The van der Waals surface area contributed by atoms with Gasteiger partial charge in [0.2, 0.25) is 0 Å². The zero-order chi connectivity index (χ0) is 15.2. The van der Waals surface area contributed by atoms with Crippen molar-refractivity contribution in [3.8, 4) is 11.8 Å². The van der Waals surface area contributed by atoms with Crippen LogP contribution in [-0.2, 0) is 0 Å². The third-order valence-electron chi connectivity index (χ3n) is 2.59. The summed E-state index contributed by atoms with van der Waals surface area (Å²) < 4.78 is 26.6. The summed E-state index contributed by atoms with van der Waals surface area (Å²) in [6, 6.07) is 4.97. The number of halogens is 2. The van der Waals surface area contributed by atoms with Crippen molar-refractivity contribution < 1.29 is 13.6 Å². The molecule has 106 valence electrons. The first-order valence-electron chi connectivity index (χ1n) is 6.01. The summed E-state index contributed by atoms with van der Waals surface area (Å²) in [5, 5.41) is 2.30. The molecule has 0 unspecified atom stereocenters. The van der Waals surface area contributed by atoms with Gasteiger partial charge in [0.05, 0.1) is 23.4 Å². The van der Waals surface area contributed by atoms with Crippen molar-refractivity contribution in [2.24, 2.45) is 5.73 Å². The molecule has 0 spiro atoms. The van der Waals surface area contributed by atoms with Crippen molar-refractivity contribution >= 4 is 11.6 Å². The first kappa shape index (κ1) is 14.6. The van der Waals surface area contributed by atoms with Gasteiger partial charge >= 0.3 is 0 Å². The van der Waals surface area contributed by atoms with Gasteiger partial charge in [-0.05, 0) is 18.2 Å². The number of anilines is 1. The molecule has 21 heavy (non-hydrogen) atoms. The van der Waals surface area contributed by atoms with E-state index in [-0.39, 0.29) is 17.8 Å². The Kier molecular flexibility index (Phi) is 4.59. The maximum Gasteiger partial charge on any atom is 0.257 e. The molecule has 0 saturated carbocycles. The minimum Gasteiger partial charge on any atom is -0.320 e. The van der Waals surface area contributed by atoms with Gasteiger partial charge in [0.15, 0.2) is 11.6 Å². The van der Waals surface area contributed by atoms with Crippen LogP contribution in [-0.4, -0.2) is 17.4 Å². The van der Waals surface area contributed by atoms with Gasteiger partial charge in [-0.25, -0.2) is 8.78 Å². The standard InChI is InChI=1S/C15H11F2N3O/c16-12-4-1-5-13(14(12)17)20-15(21)11-6-8-19-9-10(11)3-2-7-18/h1,4-6,8-9H,7,18H2,(H,20,21). The van der Waals surface area contributed by atoms with E-state index in [0.717, 1.165) is 6.07 Å². The fourth-order valence-corrected chi connectivity index (χ4v) is 1.63. The minimum atomic E-state index is -1.12. The van der Waals surface area contributed by atoms with Gasteiger partial charge in [-0.3, -0.25) is 9.78 Å². The minimum absolute atomic E-state index is 0.133. The Bertz CT molecular complexity index is 735. The molecule has 1 amide bonds. The van der Waals surface area contributed by atoms with Gasteiger partial charge < -0.3 is 11.1 Å². The molecule has 0 radical (unpaired) electrons. The Hall–Kier alpha value is -2.78. The zero-order valence-electron chi connectivity index (χ0n) is 10.9. The molecule has 0 atom stereocenters. The summed E-state index contributed by atoms with van der Waals surface area (Å²) in [5.74, 6) is 2.55. The quantitative estimate of drug-likeness (QED) is 0.829. The van der Waals surface area contributed by atoms with Crippen molar-refractivity contribution in [1.82, 2.24) is 4.98 Å². The lowest BCUT2D eigenvalue weighted by Gasteiger charge is -2.08. The van der Waals surface area contributed by atoms with E-state index < -0.39 is 17.5 Å². The van der Waals surface area contributed by atoms with E-state index >= 15 is 0 Å². The van der Waals surface area contributed by atoms with Gasteiger partial charge in [0.25, 0.3) is 5.91 Å². The number of carbonyl (C=O) groups excluding carboxylic acids is 1. The van der Waals surface area contributed by atoms with E-state index in [4.69, 9.17) is 5.73 Å². The number of hydrogen-bond acceptors (Lipinski definition) is 3. The molecule has 0 fully saturated rings. The number of hydrogen-bond donors (Lipinski definition) is 2. The first-order valence-corrected chi connectivity index (χ1v) is 6.01. The molecule has 0 aliphatic carbocycles. The topological polar surface area (TPSA) is 68.0 Å². The summed E-state index contributed by atoms with van der Waals surface area (Å²) in [4.78, 5) is 16.0. The number of rotatable bonds is 2. The molecule has 4 nitrogen and oxygen atoms in total. The van der Waals surface area contributed by atoms with Crippen molar-refractivity contribution in [2.45, 2.75) is 0 Å². The van der Waals surface area contributed by atoms with Gasteiger partial charge in [0.1, 0.15) is 0 Å². The molecule has 0 bridgehead atoms. The van der Waals surface area contributed by atoms with Gasteiger partial charge in [0, 0.05) is 12.4 Å². The summed E-state index contributed by atoms with van der Waals surface area (Å²) in [5.41, 5.74) is 5.60. The highest BCUT2D eigenvalue weighted by Gasteiger charge is 2.14. The third kappa shape index (κ3) is 3.41. The predicted octanol–water partition coefficient (Wildman–Crippen LogP) is 1.92. The molecule has 0 aliphatic heterocycles. The first-order chi connectivity index (χ1) is 10.1. The number of nitrogens with zero attached hydrogens (tertiary/aromatic N) is 1. The van der Waals surface area contributed by atoms with E-state index in [9.17, 15) is 13.6 Å². The Balaban J connectivity index is 2.31. The zero-order valence-corrected chi connectivity index (χ0v) is 10.9. The molecule has 3 N–H and O–H groups in total. The van der Waals surface area contributed by atoms with Crippen LogP contribution in [0.5, 0.6) is 0 Å². The molecule has 1 aromatic carbocycles. The highest BCUT2D eigenvalue weighted by Crippen LogP contribution is 2.18. The van der Waals surface area contributed by atoms with Crippen LogP contribution in [0.3, 0.4) is 0 Å². The second kappa shape index (κ2) is 6.59. The summed E-state index contributed by atoms with van der Waals surface area (Å²) in [6.07, 6.45) is 2.81. The van der Waals surface area contributed by atoms with E-state index in [2.05, 4.69) is 22.1 Å². The molecular formula is C15H11F2N3O. The number of pyridine rings is 1. The van der Waals surface area contributed by atoms with E-state index in [1.807, 2.05) is 0 Å². The van der Waals surface area contributed by atoms with Crippen LogP contribution >= 0.6 is 0 Å². The SMILES string of the molecule is NCC#Cc1cnccc1C(=O)Nc1cccc(F)c1F. The van der Waals surface area contributed by atoms with Crippen molar-refractivity contribution in [2.75, 3.05) is 11.9 Å². The van der Waals surface area contributed by atoms with Crippen LogP contribution in [0.4, 0.5) is 14.5 Å². The molecule has 2 rings (SSSR count). The second-order valence-corrected chi connectivity index (χ2v) is 3.98. The number of carbonyl (C=O) groups is 1. The number of amides is 1. The van der Waals surface area contributed by atoms with E-state index in [1.165, 1.54) is 30.6 Å². The smallest absolute Gasteiger partial charge is 0.257 e. The Labute approximate surface area is 120 Å². The average molecular weight is 287 g/mol. The fraction of sp³-hybridized carbons (Fsp3) is 0.0667. The molecular weight excluding hydrogens is 276 g/mol. The van der Waals surface area contributed by atoms with E-state index in [0.29, 0.717) is 5.56 Å². The van der Waals surface area contributed by atoms with Crippen LogP contribution < -0.4 is 11.1 Å². The monoisotopic (exact) mass is 287 g/mol. The number of nitrogens with two attached hydrogens (primary N) is 1. The average Bonchev–Trinajstić information content (AvgIpc) is 2.50. The third-order valence-corrected chi connectivity index (χ3v) is 2.59. The van der Waals surface area contributed by atoms with Crippen LogP contribution in [0, 0.1) is 23.5 Å². The molecule has 6 heteroatoms. The van der Waals surface area contributed by atoms with Gasteiger partial charge in [-0.15, -0.1) is 0 Å². The molecule has 1 heterocycles. The number of nitrogens with one attached hydrogen (secondary N) is 1.